The third kappa shape index (κ3) is 3.13. The smallest absolute Gasteiger partial charge is 0.306 e. The Bertz CT molecular complexity index is 309. The third-order valence-corrected chi connectivity index (χ3v) is 5.58. The highest BCUT2D eigenvalue weighted by atomic mass is 16.4. The predicted octanol–water partition coefficient (Wildman–Crippen LogP) is 3.14. The normalized spacial score (nSPS) is 37.8. The van der Waals surface area contributed by atoms with E-state index >= 15 is 0 Å². The first-order valence-electron chi connectivity index (χ1n) is 8.19. The second kappa shape index (κ2) is 5.82. The van der Waals surface area contributed by atoms with E-state index < -0.39 is 5.97 Å². The largest absolute Gasteiger partial charge is 0.481 e. The Kier molecular flexibility index (Phi) is 4.11. The molecule has 3 heteroatoms. The fourth-order valence-corrected chi connectivity index (χ4v) is 4.72. The van der Waals surface area contributed by atoms with E-state index in [9.17, 15) is 9.90 Å². The minimum atomic E-state index is -0.558. The molecule has 19 heavy (non-hydrogen) atoms. The molecule has 2 aliphatic carbocycles. The van der Waals surface area contributed by atoms with Gasteiger partial charge in [-0.15, -0.1) is 0 Å². The van der Waals surface area contributed by atoms with E-state index in [4.69, 9.17) is 0 Å². The SMILES string of the molecule is O=C(O)C1CC2CC(C1)CN(C1CCCCCC1)C2. The topological polar surface area (TPSA) is 40.5 Å². The Hall–Kier alpha value is -0.570. The van der Waals surface area contributed by atoms with Gasteiger partial charge < -0.3 is 5.11 Å². The van der Waals surface area contributed by atoms with Crippen LogP contribution in [0.1, 0.15) is 57.8 Å². The van der Waals surface area contributed by atoms with Gasteiger partial charge >= 0.3 is 5.97 Å². The minimum absolute atomic E-state index is 0.0555. The van der Waals surface area contributed by atoms with Crippen molar-refractivity contribution < 1.29 is 9.90 Å². The molecular formula is C16H27NO2. The summed E-state index contributed by atoms with van der Waals surface area (Å²) in [5.41, 5.74) is 0. The second-order valence-electron chi connectivity index (χ2n) is 7.07. The number of likely N-dealkylation sites (tertiary alicyclic amines) is 1. The maximum absolute atomic E-state index is 11.2. The molecule has 3 aliphatic rings. The van der Waals surface area contributed by atoms with Gasteiger partial charge in [-0.2, -0.15) is 0 Å². The van der Waals surface area contributed by atoms with Gasteiger partial charge in [0.15, 0.2) is 0 Å². The van der Waals surface area contributed by atoms with E-state index in [0.29, 0.717) is 11.8 Å². The van der Waals surface area contributed by atoms with Crippen LogP contribution >= 0.6 is 0 Å². The van der Waals surface area contributed by atoms with Crippen LogP contribution < -0.4 is 0 Å². The average Bonchev–Trinajstić information content (AvgIpc) is 2.66. The van der Waals surface area contributed by atoms with Gasteiger partial charge in [0.1, 0.15) is 0 Å². The Labute approximate surface area is 116 Å². The molecule has 108 valence electrons. The van der Waals surface area contributed by atoms with E-state index in [0.717, 1.165) is 18.9 Å². The zero-order chi connectivity index (χ0) is 13.2. The van der Waals surface area contributed by atoms with E-state index in [2.05, 4.69) is 4.90 Å². The van der Waals surface area contributed by atoms with Gasteiger partial charge in [-0.25, -0.2) is 0 Å². The molecule has 1 aliphatic heterocycles. The van der Waals surface area contributed by atoms with Crippen molar-refractivity contribution in [2.75, 3.05) is 13.1 Å². The summed E-state index contributed by atoms with van der Waals surface area (Å²) in [5.74, 6) is 0.686. The first-order valence-corrected chi connectivity index (χ1v) is 8.19. The van der Waals surface area contributed by atoms with E-state index in [-0.39, 0.29) is 5.92 Å². The third-order valence-electron chi connectivity index (χ3n) is 5.58. The van der Waals surface area contributed by atoms with Crippen LogP contribution in [-0.2, 0) is 4.79 Å². The quantitative estimate of drug-likeness (QED) is 0.780. The van der Waals surface area contributed by atoms with Crippen LogP contribution in [-0.4, -0.2) is 35.1 Å². The van der Waals surface area contributed by atoms with Gasteiger partial charge in [0, 0.05) is 19.1 Å². The molecule has 2 bridgehead atoms. The molecule has 0 amide bonds. The zero-order valence-electron chi connectivity index (χ0n) is 11.9. The van der Waals surface area contributed by atoms with Gasteiger partial charge in [-0.1, -0.05) is 25.7 Å². The van der Waals surface area contributed by atoms with Crippen LogP contribution in [0.25, 0.3) is 0 Å². The second-order valence-corrected chi connectivity index (χ2v) is 7.07. The molecule has 2 atom stereocenters. The van der Waals surface area contributed by atoms with E-state index in [1.807, 2.05) is 0 Å². The van der Waals surface area contributed by atoms with Gasteiger partial charge in [0.25, 0.3) is 0 Å². The number of fused-ring (bicyclic) bond motifs is 2. The molecule has 3 fully saturated rings. The average molecular weight is 265 g/mol. The number of nitrogens with zero attached hydrogens (tertiary/aromatic N) is 1. The molecule has 0 aromatic rings. The molecule has 1 N–H and O–H groups in total. The van der Waals surface area contributed by atoms with Crippen molar-refractivity contribution in [3.8, 4) is 0 Å². The molecule has 0 radical (unpaired) electrons. The number of carbonyl (C=O) groups is 1. The van der Waals surface area contributed by atoms with Gasteiger partial charge in [-0.3, -0.25) is 9.69 Å². The van der Waals surface area contributed by atoms with Gasteiger partial charge in [0.05, 0.1) is 5.92 Å². The fourth-order valence-electron chi connectivity index (χ4n) is 4.72. The highest BCUT2D eigenvalue weighted by Gasteiger charge is 2.39. The van der Waals surface area contributed by atoms with Crippen molar-refractivity contribution in [3.63, 3.8) is 0 Å². The summed E-state index contributed by atoms with van der Waals surface area (Å²) < 4.78 is 0. The van der Waals surface area contributed by atoms with Crippen molar-refractivity contribution in [3.05, 3.63) is 0 Å². The molecule has 3 nitrogen and oxygen atoms in total. The molecule has 0 aromatic carbocycles. The first-order chi connectivity index (χ1) is 9.22. The maximum atomic E-state index is 11.2. The van der Waals surface area contributed by atoms with Crippen molar-refractivity contribution in [1.82, 2.24) is 4.90 Å². The lowest BCUT2D eigenvalue weighted by molar-refractivity contribution is -0.145. The fraction of sp³-hybridized carbons (Fsp3) is 0.938. The van der Waals surface area contributed by atoms with Crippen LogP contribution in [0.2, 0.25) is 0 Å². The van der Waals surface area contributed by atoms with E-state index in [1.165, 1.54) is 58.0 Å². The molecular weight excluding hydrogens is 238 g/mol. The lowest BCUT2D eigenvalue weighted by Gasteiger charge is -2.46. The Balaban J connectivity index is 1.60. The Morgan fingerprint density at radius 1 is 0.895 bits per heavy atom. The predicted molar refractivity (Wildman–Crippen MR) is 75.0 cm³/mol. The first kappa shape index (κ1) is 13.4. The van der Waals surface area contributed by atoms with Crippen LogP contribution in [0, 0.1) is 17.8 Å². The molecule has 2 unspecified atom stereocenters. The number of hydrogen-bond acceptors (Lipinski definition) is 2. The molecule has 2 saturated carbocycles. The summed E-state index contributed by atoms with van der Waals surface area (Å²) in [6.45, 7) is 2.34. The number of hydrogen-bond donors (Lipinski definition) is 1. The summed E-state index contributed by atoms with van der Waals surface area (Å²) in [5, 5.41) is 9.23. The van der Waals surface area contributed by atoms with Crippen LogP contribution in [0.15, 0.2) is 0 Å². The summed E-state index contributed by atoms with van der Waals surface area (Å²) in [7, 11) is 0. The molecule has 1 heterocycles. The number of aliphatic carboxylic acids is 1. The van der Waals surface area contributed by atoms with Crippen molar-refractivity contribution in [2.45, 2.75) is 63.8 Å². The van der Waals surface area contributed by atoms with Crippen LogP contribution in [0.4, 0.5) is 0 Å². The van der Waals surface area contributed by atoms with Crippen molar-refractivity contribution in [2.24, 2.45) is 17.8 Å². The van der Waals surface area contributed by atoms with Crippen molar-refractivity contribution in [1.29, 1.82) is 0 Å². The number of carboxylic acids is 1. The van der Waals surface area contributed by atoms with E-state index in [1.54, 1.807) is 0 Å². The van der Waals surface area contributed by atoms with Crippen LogP contribution in [0.3, 0.4) is 0 Å². The van der Waals surface area contributed by atoms with Gasteiger partial charge in [-0.05, 0) is 43.9 Å². The standard InChI is InChI=1S/C16H27NO2/c18-16(19)14-8-12-7-13(9-14)11-17(10-12)15-5-3-1-2-4-6-15/h12-15H,1-11H2,(H,18,19). The highest BCUT2D eigenvalue weighted by Crippen LogP contribution is 2.39. The van der Waals surface area contributed by atoms with Gasteiger partial charge in [0.2, 0.25) is 0 Å². The zero-order valence-corrected chi connectivity index (χ0v) is 11.9. The number of piperidine rings is 1. The molecule has 1 saturated heterocycles. The molecule has 0 spiro atoms. The summed E-state index contributed by atoms with van der Waals surface area (Å²) >= 11 is 0. The molecule has 3 rings (SSSR count). The molecule has 0 aromatic heterocycles. The Morgan fingerprint density at radius 3 is 2.00 bits per heavy atom. The summed E-state index contributed by atoms with van der Waals surface area (Å²) in [6.07, 6.45) is 11.5. The number of carboxylic acid groups (broad SMARTS) is 1. The summed E-state index contributed by atoms with van der Waals surface area (Å²) in [6, 6.07) is 0.800. The monoisotopic (exact) mass is 265 g/mol. The Morgan fingerprint density at radius 2 is 1.47 bits per heavy atom. The maximum Gasteiger partial charge on any atom is 0.306 e. The minimum Gasteiger partial charge on any atom is -0.481 e. The number of rotatable bonds is 2. The highest BCUT2D eigenvalue weighted by molar-refractivity contribution is 5.70. The summed E-state index contributed by atoms with van der Waals surface area (Å²) in [4.78, 5) is 13.9. The van der Waals surface area contributed by atoms with Crippen LogP contribution in [0.5, 0.6) is 0 Å². The lowest BCUT2D eigenvalue weighted by Crippen LogP contribution is -2.49. The lowest BCUT2D eigenvalue weighted by atomic mass is 9.72. The van der Waals surface area contributed by atoms with Crippen molar-refractivity contribution >= 4 is 5.97 Å².